The van der Waals surface area contributed by atoms with Crippen molar-refractivity contribution in [1.29, 1.82) is 0 Å². The standard InChI is InChI=1S/C15H25ClN4O4S2.HI/c1-17-14(19-10-15(4-8-21)5-9-24-11-15)18-6-7-20-26(22,23)13-3-2-12(16)25-13;/h2-3,20-21H,4-11H2,1H3,(H2,17,18,19);1H. The van der Waals surface area contributed by atoms with Gasteiger partial charge in [0.25, 0.3) is 0 Å². The summed E-state index contributed by atoms with van der Waals surface area (Å²) in [5, 5.41) is 15.6. The molecule has 1 aromatic rings. The smallest absolute Gasteiger partial charge is 0.250 e. The summed E-state index contributed by atoms with van der Waals surface area (Å²) in [5.74, 6) is 0.576. The molecule has 0 amide bonds. The van der Waals surface area contributed by atoms with Crippen LogP contribution in [0.4, 0.5) is 0 Å². The van der Waals surface area contributed by atoms with Crippen LogP contribution in [0.3, 0.4) is 0 Å². The van der Waals surface area contributed by atoms with Crippen molar-refractivity contribution in [2.24, 2.45) is 10.4 Å². The Kier molecular flexibility index (Phi) is 10.8. The zero-order valence-corrected chi connectivity index (χ0v) is 19.8. The molecule has 4 N–H and O–H groups in total. The average molecular weight is 553 g/mol. The molecule has 27 heavy (non-hydrogen) atoms. The molecule has 1 saturated heterocycles. The number of aliphatic hydroxyl groups is 1. The van der Waals surface area contributed by atoms with E-state index in [2.05, 4.69) is 20.3 Å². The first-order valence-electron chi connectivity index (χ1n) is 8.29. The van der Waals surface area contributed by atoms with Gasteiger partial charge in [-0.05, 0) is 25.0 Å². The third-order valence-corrected chi connectivity index (χ3v) is 7.39. The van der Waals surface area contributed by atoms with Crippen molar-refractivity contribution in [3.63, 3.8) is 0 Å². The number of ether oxygens (including phenoxy) is 1. The number of aliphatic imine (C=N–C) groups is 1. The highest BCUT2D eigenvalue weighted by Gasteiger charge is 2.34. The van der Waals surface area contributed by atoms with Gasteiger partial charge >= 0.3 is 0 Å². The van der Waals surface area contributed by atoms with E-state index in [9.17, 15) is 13.5 Å². The predicted molar refractivity (Wildman–Crippen MR) is 119 cm³/mol. The van der Waals surface area contributed by atoms with Gasteiger partial charge in [-0.1, -0.05) is 11.6 Å². The number of nitrogens with one attached hydrogen (secondary N) is 3. The van der Waals surface area contributed by atoms with Gasteiger partial charge in [0.05, 0.1) is 10.9 Å². The molecule has 1 unspecified atom stereocenters. The van der Waals surface area contributed by atoms with E-state index in [0.29, 0.717) is 43.0 Å². The van der Waals surface area contributed by atoms with Gasteiger partial charge in [-0.2, -0.15) is 0 Å². The summed E-state index contributed by atoms with van der Waals surface area (Å²) in [6, 6.07) is 3.04. The molecule has 1 aromatic heterocycles. The lowest BCUT2D eigenvalue weighted by Gasteiger charge is -2.27. The van der Waals surface area contributed by atoms with Crippen LogP contribution in [-0.2, 0) is 14.8 Å². The van der Waals surface area contributed by atoms with Crippen molar-refractivity contribution < 1.29 is 18.3 Å². The lowest BCUT2D eigenvalue weighted by Crippen LogP contribution is -2.46. The van der Waals surface area contributed by atoms with E-state index in [0.717, 1.165) is 17.8 Å². The molecule has 0 bridgehead atoms. The molecule has 1 fully saturated rings. The van der Waals surface area contributed by atoms with E-state index in [4.69, 9.17) is 16.3 Å². The fourth-order valence-corrected chi connectivity index (χ4v) is 5.24. The van der Waals surface area contributed by atoms with Crippen molar-refractivity contribution in [2.45, 2.75) is 17.1 Å². The molecule has 8 nitrogen and oxygen atoms in total. The monoisotopic (exact) mass is 552 g/mol. The number of hydrogen-bond donors (Lipinski definition) is 4. The zero-order chi connectivity index (χ0) is 19.0. The first-order valence-corrected chi connectivity index (χ1v) is 11.0. The van der Waals surface area contributed by atoms with E-state index in [1.54, 1.807) is 13.1 Å². The molecule has 12 heteroatoms. The highest BCUT2D eigenvalue weighted by Crippen LogP contribution is 2.31. The molecule has 0 radical (unpaired) electrons. The number of thiophene rings is 1. The van der Waals surface area contributed by atoms with Crippen LogP contribution in [0.2, 0.25) is 4.34 Å². The first-order chi connectivity index (χ1) is 12.4. The Morgan fingerprint density at radius 3 is 2.74 bits per heavy atom. The molecular weight excluding hydrogens is 527 g/mol. The molecule has 0 saturated carbocycles. The van der Waals surface area contributed by atoms with E-state index in [-0.39, 0.29) is 46.8 Å². The maximum absolute atomic E-state index is 12.1. The van der Waals surface area contributed by atoms with E-state index in [1.165, 1.54) is 6.07 Å². The molecule has 1 aliphatic rings. The maximum atomic E-state index is 12.1. The van der Waals surface area contributed by atoms with Gasteiger partial charge in [-0.25, -0.2) is 13.1 Å². The third-order valence-electron chi connectivity index (χ3n) is 4.20. The molecule has 0 aromatic carbocycles. The summed E-state index contributed by atoms with van der Waals surface area (Å²) in [6.07, 6.45) is 1.56. The second kappa shape index (κ2) is 11.7. The van der Waals surface area contributed by atoms with Crippen LogP contribution in [0, 0.1) is 5.41 Å². The van der Waals surface area contributed by atoms with Crippen LogP contribution in [0.25, 0.3) is 0 Å². The predicted octanol–water partition coefficient (Wildman–Crippen LogP) is 1.25. The van der Waals surface area contributed by atoms with Crippen molar-refractivity contribution in [3.05, 3.63) is 16.5 Å². The lowest BCUT2D eigenvalue weighted by molar-refractivity contribution is 0.127. The van der Waals surface area contributed by atoms with Crippen LogP contribution in [0.1, 0.15) is 12.8 Å². The highest BCUT2D eigenvalue weighted by atomic mass is 127. The van der Waals surface area contributed by atoms with Gasteiger partial charge in [0.2, 0.25) is 10.0 Å². The summed E-state index contributed by atoms with van der Waals surface area (Å²) in [5.41, 5.74) is -0.0909. The molecular formula is C15H26ClIN4O4S2. The topological polar surface area (TPSA) is 112 Å². The quantitative estimate of drug-likeness (QED) is 0.159. The van der Waals surface area contributed by atoms with Crippen molar-refractivity contribution in [1.82, 2.24) is 15.4 Å². The van der Waals surface area contributed by atoms with Crippen molar-refractivity contribution in [2.75, 3.05) is 46.5 Å². The number of aliphatic hydroxyl groups excluding tert-OH is 1. The highest BCUT2D eigenvalue weighted by molar-refractivity contribution is 14.0. The molecule has 2 rings (SSSR count). The van der Waals surface area contributed by atoms with E-state index < -0.39 is 10.0 Å². The van der Waals surface area contributed by atoms with Crippen LogP contribution < -0.4 is 15.4 Å². The molecule has 0 aliphatic carbocycles. The summed E-state index contributed by atoms with van der Waals surface area (Å²) < 4.78 is 32.8. The Labute approximate surface area is 186 Å². The molecule has 1 atom stereocenters. The number of hydrogen-bond acceptors (Lipinski definition) is 6. The lowest BCUT2D eigenvalue weighted by atomic mass is 9.84. The second-order valence-electron chi connectivity index (χ2n) is 6.09. The summed E-state index contributed by atoms with van der Waals surface area (Å²) in [6.45, 7) is 2.64. The van der Waals surface area contributed by atoms with Crippen molar-refractivity contribution >= 4 is 62.9 Å². The van der Waals surface area contributed by atoms with Crippen molar-refractivity contribution in [3.8, 4) is 0 Å². The van der Waals surface area contributed by atoms with Gasteiger partial charge < -0.3 is 20.5 Å². The number of halogens is 2. The van der Waals surface area contributed by atoms with E-state index >= 15 is 0 Å². The Balaban J connectivity index is 0.00000364. The van der Waals surface area contributed by atoms with Gasteiger partial charge in [0.1, 0.15) is 4.21 Å². The third kappa shape index (κ3) is 7.63. The Morgan fingerprint density at radius 2 is 2.19 bits per heavy atom. The average Bonchev–Trinajstić information content (AvgIpc) is 3.24. The van der Waals surface area contributed by atoms with Gasteiger partial charge in [0.15, 0.2) is 5.96 Å². The Morgan fingerprint density at radius 1 is 1.41 bits per heavy atom. The minimum atomic E-state index is -3.55. The van der Waals surface area contributed by atoms with Gasteiger partial charge in [-0.15, -0.1) is 35.3 Å². The Bertz CT molecular complexity index is 708. The van der Waals surface area contributed by atoms with Crippen LogP contribution in [0.5, 0.6) is 0 Å². The van der Waals surface area contributed by atoms with Crippen LogP contribution >= 0.6 is 46.9 Å². The minimum absolute atomic E-state index is 0. The summed E-state index contributed by atoms with van der Waals surface area (Å²) in [4.78, 5) is 4.13. The SMILES string of the molecule is CN=C(NCCNS(=O)(=O)c1ccc(Cl)s1)NCC1(CCO)CCOC1.I. The van der Waals surface area contributed by atoms with Crippen LogP contribution in [0.15, 0.2) is 21.3 Å². The fourth-order valence-electron chi connectivity index (χ4n) is 2.68. The summed E-state index contributed by atoms with van der Waals surface area (Å²) >= 11 is 6.79. The summed E-state index contributed by atoms with van der Waals surface area (Å²) in [7, 11) is -1.90. The number of nitrogens with zero attached hydrogens (tertiary/aromatic N) is 1. The van der Waals surface area contributed by atoms with Crippen LogP contribution in [-0.4, -0.2) is 66.0 Å². The largest absolute Gasteiger partial charge is 0.396 e. The number of guanidine groups is 1. The Hall–Kier alpha value is -0.180. The minimum Gasteiger partial charge on any atom is -0.396 e. The fraction of sp³-hybridized carbons (Fsp3) is 0.667. The number of rotatable bonds is 9. The zero-order valence-electron chi connectivity index (χ0n) is 15.0. The molecule has 2 heterocycles. The molecule has 0 spiro atoms. The van der Waals surface area contributed by atoms with E-state index in [1.807, 2.05) is 0 Å². The number of sulfonamides is 1. The van der Waals surface area contributed by atoms with Gasteiger partial charge in [0, 0.05) is 45.3 Å². The molecule has 1 aliphatic heterocycles. The molecule has 156 valence electrons. The maximum Gasteiger partial charge on any atom is 0.250 e. The second-order valence-corrected chi connectivity index (χ2v) is 9.79. The van der Waals surface area contributed by atoms with Gasteiger partial charge in [-0.3, -0.25) is 4.99 Å². The normalized spacial score (nSPS) is 20.3. The first kappa shape index (κ1) is 24.9.